The second-order valence-electron chi connectivity index (χ2n) is 8.69. The summed E-state index contributed by atoms with van der Waals surface area (Å²) < 4.78 is 5.47. The van der Waals surface area contributed by atoms with Crippen LogP contribution in [0.25, 0.3) is 5.76 Å². The number of carbonyl (C=O) groups is 2. The molecular weight excluding hydrogens is 464 g/mol. The molecule has 35 heavy (non-hydrogen) atoms. The Balaban J connectivity index is 1.84. The number of carbonyl (C=O) groups excluding carboxylic acids is 2. The van der Waals surface area contributed by atoms with E-state index in [1.165, 1.54) is 11.0 Å². The number of benzene rings is 2. The molecule has 1 aliphatic heterocycles. The molecule has 0 unspecified atom stereocenters. The van der Waals surface area contributed by atoms with E-state index in [0.29, 0.717) is 28.9 Å². The van der Waals surface area contributed by atoms with Crippen LogP contribution in [0.1, 0.15) is 55.0 Å². The minimum absolute atomic E-state index is 0.0245. The molecule has 1 N–H and O–H groups in total. The lowest BCUT2D eigenvalue weighted by atomic mass is 9.93. The van der Waals surface area contributed by atoms with Crippen molar-refractivity contribution in [3.63, 3.8) is 0 Å². The first-order valence-electron chi connectivity index (χ1n) is 11.5. The fourth-order valence-electron chi connectivity index (χ4n) is 4.22. The summed E-state index contributed by atoms with van der Waals surface area (Å²) in [4.78, 5) is 32.0. The number of hydrogen-bond donors (Lipinski definition) is 1. The van der Waals surface area contributed by atoms with E-state index >= 15 is 0 Å². The van der Waals surface area contributed by atoms with Gasteiger partial charge in [-0.1, -0.05) is 55.8 Å². The Labute approximate surface area is 209 Å². The topological polar surface area (TPSA) is 79.7 Å². The lowest BCUT2D eigenvalue weighted by molar-refractivity contribution is -0.140. The number of ketones is 1. The summed E-state index contributed by atoms with van der Waals surface area (Å²) in [6, 6.07) is 15.4. The van der Waals surface area contributed by atoms with Gasteiger partial charge in [0, 0.05) is 24.5 Å². The molecule has 0 aliphatic carbocycles. The van der Waals surface area contributed by atoms with Crippen LogP contribution >= 0.6 is 11.6 Å². The molecule has 1 fully saturated rings. The quantitative estimate of drug-likeness (QED) is 0.254. The maximum absolute atomic E-state index is 13.3. The Morgan fingerprint density at radius 1 is 1.14 bits per heavy atom. The number of aliphatic hydroxyl groups excluding tert-OH is 1. The Kier molecular flexibility index (Phi) is 7.22. The van der Waals surface area contributed by atoms with E-state index in [9.17, 15) is 14.7 Å². The van der Waals surface area contributed by atoms with Gasteiger partial charge in [-0.25, -0.2) is 0 Å². The van der Waals surface area contributed by atoms with Crippen molar-refractivity contribution in [1.82, 2.24) is 9.88 Å². The van der Waals surface area contributed by atoms with Crippen molar-refractivity contribution >= 4 is 29.1 Å². The molecule has 180 valence electrons. The number of aliphatic hydroxyl groups is 1. The van der Waals surface area contributed by atoms with Crippen LogP contribution in [0, 0.1) is 0 Å². The molecule has 1 amide bonds. The third-order valence-corrected chi connectivity index (χ3v) is 6.34. The number of rotatable bonds is 7. The van der Waals surface area contributed by atoms with Gasteiger partial charge >= 0.3 is 0 Å². The van der Waals surface area contributed by atoms with Crippen LogP contribution in [0.4, 0.5) is 0 Å². The predicted octanol–water partition coefficient (Wildman–Crippen LogP) is 5.88. The van der Waals surface area contributed by atoms with Gasteiger partial charge in [-0.3, -0.25) is 14.6 Å². The summed E-state index contributed by atoms with van der Waals surface area (Å²) in [5, 5.41) is 11.6. The molecule has 3 aromatic rings. The van der Waals surface area contributed by atoms with Crippen molar-refractivity contribution in [2.24, 2.45) is 0 Å². The van der Waals surface area contributed by atoms with E-state index in [0.717, 1.165) is 16.7 Å². The molecule has 1 aliphatic rings. The third-order valence-electron chi connectivity index (χ3n) is 6.04. The van der Waals surface area contributed by atoms with Crippen LogP contribution in [0.3, 0.4) is 0 Å². The number of aromatic nitrogens is 1. The molecule has 2 heterocycles. The van der Waals surface area contributed by atoms with E-state index in [-0.39, 0.29) is 17.9 Å². The fraction of sp³-hybridized carbons (Fsp3) is 0.250. The van der Waals surface area contributed by atoms with E-state index in [1.807, 2.05) is 37.3 Å². The second kappa shape index (κ2) is 10.3. The fourth-order valence-corrected chi connectivity index (χ4v) is 4.45. The van der Waals surface area contributed by atoms with E-state index in [4.69, 9.17) is 16.3 Å². The number of likely N-dealkylation sites (tertiary alicyclic amines) is 1. The number of Topliss-reactive ketones (excluding diaryl/α,β-unsaturated/α-hetero) is 1. The lowest BCUT2D eigenvalue weighted by Gasteiger charge is -2.25. The van der Waals surface area contributed by atoms with Gasteiger partial charge in [0.1, 0.15) is 11.5 Å². The van der Waals surface area contributed by atoms with Crippen molar-refractivity contribution in [3.8, 4) is 5.75 Å². The van der Waals surface area contributed by atoms with Crippen LogP contribution in [0.2, 0.25) is 5.02 Å². The van der Waals surface area contributed by atoms with Gasteiger partial charge in [0.2, 0.25) is 0 Å². The predicted molar refractivity (Wildman–Crippen MR) is 135 cm³/mol. The molecule has 1 atom stereocenters. The summed E-state index contributed by atoms with van der Waals surface area (Å²) in [6.07, 6.45) is 3.31. The summed E-state index contributed by atoms with van der Waals surface area (Å²) in [5.41, 5.74) is 3.01. The number of halogens is 1. The number of hydrogen-bond acceptors (Lipinski definition) is 5. The molecule has 2 aromatic carbocycles. The molecule has 1 aromatic heterocycles. The molecule has 0 saturated carbocycles. The van der Waals surface area contributed by atoms with E-state index in [1.54, 1.807) is 30.6 Å². The number of amides is 1. The van der Waals surface area contributed by atoms with Crippen LogP contribution in [-0.2, 0) is 16.1 Å². The van der Waals surface area contributed by atoms with Crippen molar-refractivity contribution in [2.45, 2.75) is 39.3 Å². The second-order valence-corrected chi connectivity index (χ2v) is 9.10. The summed E-state index contributed by atoms with van der Waals surface area (Å²) in [7, 11) is 0. The summed E-state index contributed by atoms with van der Waals surface area (Å²) in [6.45, 7) is 6.66. The van der Waals surface area contributed by atoms with E-state index < -0.39 is 17.7 Å². The Morgan fingerprint density at radius 2 is 1.89 bits per heavy atom. The zero-order valence-electron chi connectivity index (χ0n) is 19.9. The highest BCUT2D eigenvalue weighted by Gasteiger charge is 2.46. The van der Waals surface area contributed by atoms with Gasteiger partial charge in [-0.2, -0.15) is 0 Å². The van der Waals surface area contributed by atoms with Gasteiger partial charge in [0.15, 0.2) is 0 Å². The number of ether oxygens (including phenoxy) is 1. The van der Waals surface area contributed by atoms with Gasteiger partial charge in [-0.05, 0) is 53.8 Å². The molecule has 1 saturated heterocycles. The minimum atomic E-state index is -0.762. The SMILES string of the molecule is CCOc1ccc(/C(O)=C2\C(=O)C(=O)N(Cc3cccnc3)[C@H]2c2ccc(C(C)C)cc2)cc1Cl. The first-order valence-corrected chi connectivity index (χ1v) is 11.9. The first kappa shape index (κ1) is 24.5. The first-order chi connectivity index (χ1) is 16.8. The summed E-state index contributed by atoms with van der Waals surface area (Å²) >= 11 is 6.33. The zero-order chi connectivity index (χ0) is 25.1. The Hall–Kier alpha value is -3.64. The van der Waals surface area contributed by atoms with Crippen molar-refractivity contribution in [1.29, 1.82) is 0 Å². The average molecular weight is 491 g/mol. The highest BCUT2D eigenvalue weighted by Crippen LogP contribution is 2.41. The number of nitrogens with zero attached hydrogens (tertiary/aromatic N) is 2. The van der Waals surface area contributed by atoms with E-state index in [2.05, 4.69) is 18.8 Å². The highest BCUT2D eigenvalue weighted by atomic mass is 35.5. The molecule has 0 spiro atoms. The zero-order valence-corrected chi connectivity index (χ0v) is 20.6. The van der Waals surface area contributed by atoms with Gasteiger partial charge in [0.05, 0.1) is 23.2 Å². The smallest absolute Gasteiger partial charge is 0.295 e. The Bertz CT molecular complexity index is 1270. The van der Waals surface area contributed by atoms with Crippen LogP contribution in [0.5, 0.6) is 5.75 Å². The van der Waals surface area contributed by atoms with Crippen molar-refractivity contribution in [2.75, 3.05) is 6.61 Å². The molecular formula is C28H27ClN2O4. The van der Waals surface area contributed by atoms with Crippen LogP contribution in [0.15, 0.2) is 72.6 Å². The minimum Gasteiger partial charge on any atom is -0.507 e. The van der Waals surface area contributed by atoms with Crippen LogP contribution in [-0.4, -0.2) is 33.3 Å². The molecule has 0 bridgehead atoms. The average Bonchev–Trinajstić information content (AvgIpc) is 3.10. The van der Waals surface area contributed by atoms with Gasteiger partial charge < -0.3 is 14.7 Å². The van der Waals surface area contributed by atoms with Crippen molar-refractivity contribution < 1.29 is 19.4 Å². The molecule has 4 rings (SSSR count). The standard InChI is InChI=1S/C28H27ClN2O4/c1-4-35-23-12-11-21(14-22(23)29)26(32)24-25(20-9-7-19(8-10-20)17(2)3)31(28(34)27(24)33)16-18-6-5-13-30-15-18/h5-15,17,25,32H,4,16H2,1-3H3/b26-24+/t25-/m0/s1. The Morgan fingerprint density at radius 3 is 2.49 bits per heavy atom. The van der Waals surface area contributed by atoms with Crippen LogP contribution < -0.4 is 4.74 Å². The normalized spacial score (nSPS) is 17.3. The number of pyridine rings is 1. The maximum atomic E-state index is 13.3. The summed E-state index contributed by atoms with van der Waals surface area (Å²) in [5.74, 6) is -0.889. The largest absolute Gasteiger partial charge is 0.507 e. The highest BCUT2D eigenvalue weighted by molar-refractivity contribution is 6.46. The maximum Gasteiger partial charge on any atom is 0.295 e. The lowest BCUT2D eigenvalue weighted by Crippen LogP contribution is -2.29. The monoisotopic (exact) mass is 490 g/mol. The molecule has 7 heteroatoms. The molecule has 0 radical (unpaired) electrons. The van der Waals surface area contributed by atoms with Gasteiger partial charge in [0.25, 0.3) is 11.7 Å². The van der Waals surface area contributed by atoms with Crippen molar-refractivity contribution in [3.05, 3.63) is 99.8 Å². The third kappa shape index (κ3) is 4.93. The molecule has 6 nitrogen and oxygen atoms in total. The van der Waals surface area contributed by atoms with Gasteiger partial charge in [-0.15, -0.1) is 0 Å².